The number of hydrogen-bond acceptors (Lipinski definition) is 6. The van der Waals surface area contributed by atoms with Gasteiger partial charge in [0.1, 0.15) is 13.2 Å². The van der Waals surface area contributed by atoms with E-state index in [1.807, 2.05) is 0 Å². The van der Waals surface area contributed by atoms with Gasteiger partial charge in [-0.25, -0.2) is 0 Å². The first-order chi connectivity index (χ1) is 40.0. The van der Waals surface area contributed by atoms with Crippen molar-refractivity contribution in [1.29, 1.82) is 0 Å². The van der Waals surface area contributed by atoms with Crippen LogP contribution < -0.4 is 0 Å². The van der Waals surface area contributed by atoms with Gasteiger partial charge in [0.2, 0.25) is 0 Å². The van der Waals surface area contributed by atoms with E-state index >= 15 is 0 Å². The number of carbonyl (C=O) groups is 3. The molecule has 0 aliphatic carbocycles. The highest BCUT2D eigenvalue weighted by Gasteiger charge is 2.19. The van der Waals surface area contributed by atoms with E-state index in [4.69, 9.17) is 14.2 Å². The summed E-state index contributed by atoms with van der Waals surface area (Å²) in [5.41, 5.74) is 0. The lowest BCUT2D eigenvalue weighted by Crippen LogP contribution is -2.30. The summed E-state index contributed by atoms with van der Waals surface area (Å²) in [7, 11) is 0. The molecular weight excluding hydrogens is 997 g/mol. The van der Waals surface area contributed by atoms with Gasteiger partial charge in [-0.15, -0.1) is 0 Å². The molecule has 0 amide bonds. The zero-order valence-electron chi connectivity index (χ0n) is 53.3. The summed E-state index contributed by atoms with van der Waals surface area (Å²) in [5, 5.41) is 0. The number of esters is 3. The van der Waals surface area contributed by atoms with Crippen LogP contribution in [0.1, 0.15) is 329 Å². The van der Waals surface area contributed by atoms with Crippen molar-refractivity contribution < 1.29 is 28.6 Å². The van der Waals surface area contributed by atoms with Crippen LogP contribution in [0.25, 0.3) is 0 Å². The Morgan fingerprint density at radius 3 is 0.753 bits per heavy atom. The van der Waals surface area contributed by atoms with Gasteiger partial charge in [0.15, 0.2) is 6.10 Å². The van der Waals surface area contributed by atoms with Gasteiger partial charge in [-0.3, -0.25) is 14.4 Å². The molecule has 464 valence electrons. The SMILES string of the molecule is CC/C=C\C/C=C\C/C=C\C/C=C\CCCCCCCCCCCCCCCCCCCCCCC(=O)OCC(COC(=O)CCCCCCC/C=C\C/C=C\CCCCC)OC(=O)CCCCCCC/C=C\C/C=C\C/C=C\CC. The summed E-state index contributed by atoms with van der Waals surface area (Å²) in [6.45, 7) is 6.39. The summed E-state index contributed by atoms with van der Waals surface area (Å²) in [5.74, 6) is -0.907. The second-order valence-corrected chi connectivity index (χ2v) is 22.7. The summed E-state index contributed by atoms with van der Waals surface area (Å²) in [4.78, 5) is 38.3. The molecule has 0 fully saturated rings. The van der Waals surface area contributed by atoms with Crippen LogP contribution in [0, 0.1) is 0 Å². The second kappa shape index (κ2) is 68.6. The Balaban J connectivity index is 4.18. The zero-order valence-corrected chi connectivity index (χ0v) is 53.3. The van der Waals surface area contributed by atoms with E-state index in [1.54, 1.807) is 0 Å². The van der Waals surface area contributed by atoms with Gasteiger partial charge in [-0.05, 0) is 122 Å². The van der Waals surface area contributed by atoms with Gasteiger partial charge in [-0.1, -0.05) is 297 Å². The highest BCUT2D eigenvalue weighted by Crippen LogP contribution is 2.17. The van der Waals surface area contributed by atoms with Gasteiger partial charge in [0.05, 0.1) is 0 Å². The molecule has 0 radical (unpaired) electrons. The molecule has 0 saturated heterocycles. The molecule has 0 aromatic heterocycles. The quantitative estimate of drug-likeness (QED) is 0.0261. The van der Waals surface area contributed by atoms with Gasteiger partial charge >= 0.3 is 17.9 Å². The highest BCUT2D eigenvalue weighted by molar-refractivity contribution is 5.71. The number of allylic oxidation sites excluding steroid dienone is 18. The molecule has 81 heavy (non-hydrogen) atoms. The molecule has 0 saturated carbocycles. The standard InChI is InChI=1S/C75H128O6/c1-4-7-10-13-16-19-22-25-28-29-30-31-32-33-34-35-36-37-38-39-40-41-42-43-44-45-48-50-53-56-59-62-65-68-74(77)80-71-72(81-75(78)69-66-63-60-57-54-51-47-27-24-21-18-15-12-9-6-3)70-79-73(76)67-64-61-58-55-52-49-46-26-23-20-17-14-11-8-5-2/h7,9-10,12,16-21,25-28,30-31,46-47,72H,4-6,8,11,13-15,22-24,29,32-45,48-71H2,1-3H3/b10-7-,12-9-,19-16-,20-17-,21-18-,28-25-,31-30-,46-26-,47-27-. The minimum atomic E-state index is -0.793. The number of ether oxygens (including phenoxy) is 3. The maximum atomic E-state index is 12.9. The Morgan fingerprint density at radius 1 is 0.259 bits per heavy atom. The van der Waals surface area contributed by atoms with Crippen LogP contribution in [0.15, 0.2) is 109 Å². The van der Waals surface area contributed by atoms with Crippen LogP contribution >= 0.6 is 0 Å². The number of unbranched alkanes of at least 4 members (excludes halogenated alkanes) is 33. The molecule has 6 nitrogen and oxygen atoms in total. The van der Waals surface area contributed by atoms with Gasteiger partial charge in [0, 0.05) is 19.3 Å². The van der Waals surface area contributed by atoms with Crippen molar-refractivity contribution in [3.63, 3.8) is 0 Å². The molecule has 0 rings (SSSR count). The predicted molar refractivity (Wildman–Crippen MR) is 353 cm³/mol. The van der Waals surface area contributed by atoms with E-state index in [2.05, 4.69) is 130 Å². The normalized spacial score (nSPS) is 12.8. The minimum Gasteiger partial charge on any atom is -0.462 e. The fraction of sp³-hybridized carbons (Fsp3) is 0.720. The lowest BCUT2D eigenvalue weighted by atomic mass is 10.0. The van der Waals surface area contributed by atoms with Crippen molar-refractivity contribution in [1.82, 2.24) is 0 Å². The topological polar surface area (TPSA) is 78.9 Å². The maximum Gasteiger partial charge on any atom is 0.306 e. The molecule has 0 aliphatic rings. The van der Waals surface area contributed by atoms with Gasteiger partial charge in [0.25, 0.3) is 0 Å². The minimum absolute atomic E-state index is 0.0872. The molecule has 1 unspecified atom stereocenters. The molecule has 6 heteroatoms. The monoisotopic (exact) mass is 1120 g/mol. The van der Waals surface area contributed by atoms with Crippen LogP contribution in [0.3, 0.4) is 0 Å². The molecular formula is C75H128O6. The lowest BCUT2D eigenvalue weighted by Gasteiger charge is -2.18. The lowest BCUT2D eigenvalue weighted by molar-refractivity contribution is -0.167. The van der Waals surface area contributed by atoms with E-state index in [0.29, 0.717) is 19.3 Å². The fourth-order valence-corrected chi connectivity index (χ4v) is 9.66. The molecule has 1 atom stereocenters. The van der Waals surface area contributed by atoms with Crippen LogP contribution in [-0.2, 0) is 28.6 Å². The third-order valence-electron chi connectivity index (χ3n) is 14.7. The first kappa shape index (κ1) is 77.1. The smallest absolute Gasteiger partial charge is 0.306 e. The number of rotatable bonds is 62. The molecule has 0 heterocycles. The predicted octanol–water partition coefficient (Wildman–Crippen LogP) is 23.8. The Labute approximate surface area is 501 Å². The van der Waals surface area contributed by atoms with Crippen LogP contribution in [0.5, 0.6) is 0 Å². The third kappa shape index (κ3) is 66.8. The van der Waals surface area contributed by atoms with Gasteiger partial charge < -0.3 is 14.2 Å². The Hall–Kier alpha value is -3.93. The van der Waals surface area contributed by atoms with Crippen molar-refractivity contribution in [2.75, 3.05) is 13.2 Å². The Morgan fingerprint density at radius 2 is 0.481 bits per heavy atom. The van der Waals surface area contributed by atoms with Crippen molar-refractivity contribution in [2.45, 2.75) is 335 Å². The van der Waals surface area contributed by atoms with E-state index in [0.717, 1.165) is 148 Å². The van der Waals surface area contributed by atoms with Crippen LogP contribution in [0.2, 0.25) is 0 Å². The summed E-state index contributed by atoms with van der Waals surface area (Å²) in [6.07, 6.45) is 94.1. The van der Waals surface area contributed by atoms with Crippen molar-refractivity contribution in [2.24, 2.45) is 0 Å². The second-order valence-electron chi connectivity index (χ2n) is 22.7. The summed E-state index contributed by atoms with van der Waals surface area (Å²) >= 11 is 0. The molecule has 0 bridgehead atoms. The van der Waals surface area contributed by atoms with Crippen LogP contribution in [-0.4, -0.2) is 37.2 Å². The first-order valence-electron chi connectivity index (χ1n) is 34.4. The summed E-state index contributed by atoms with van der Waals surface area (Å²) in [6, 6.07) is 0. The summed E-state index contributed by atoms with van der Waals surface area (Å²) < 4.78 is 16.9. The van der Waals surface area contributed by atoms with E-state index in [9.17, 15) is 14.4 Å². The number of hydrogen-bond donors (Lipinski definition) is 0. The molecule has 0 spiro atoms. The van der Waals surface area contributed by atoms with E-state index in [-0.39, 0.29) is 31.1 Å². The third-order valence-corrected chi connectivity index (χ3v) is 14.7. The van der Waals surface area contributed by atoms with E-state index in [1.165, 1.54) is 141 Å². The zero-order chi connectivity index (χ0) is 58.5. The van der Waals surface area contributed by atoms with Crippen LogP contribution in [0.4, 0.5) is 0 Å². The first-order valence-corrected chi connectivity index (χ1v) is 34.4. The average Bonchev–Trinajstić information content (AvgIpc) is 3.47. The molecule has 0 aliphatic heterocycles. The number of carbonyl (C=O) groups excluding carboxylic acids is 3. The van der Waals surface area contributed by atoms with Crippen molar-refractivity contribution in [3.05, 3.63) is 109 Å². The molecule has 0 N–H and O–H groups in total. The van der Waals surface area contributed by atoms with Gasteiger partial charge in [-0.2, -0.15) is 0 Å². The van der Waals surface area contributed by atoms with E-state index < -0.39 is 6.10 Å². The Kier molecular flexibility index (Phi) is 65.2. The maximum absolute atomic E-state index is 12.9. The average molecular weight is 1130 g/mol. The highest BCUT2D eigenvalue weighted by atomic mass is 16.6. The Bertz CT molecular complexity index is 1620. The largest absolute Gasteiger partial charge is 0.462 e. The fourth-order valence-electron chi connectivity index (χ4n) is 9.66. The molecule has 0 aromatic rings. The van der Waals surface area contributed by atoms with Crippen molar-refractivity contribution >= 4 is 17.9 Å². The molecule has 0 aromatic carbocycles. The van der Waals surface area contributed by atoms with Crippen molar-refractivity contribution in [3.8, 4) is 0 Å².